The summed E-state index contributed by atoms with van der Waals surface area (Å²) in [6, 6.07) is 21.1. The van der Waals surface area contributed by atoms with Crippen LogP contribution in [0.15, 0.2) is 66.6 Å². The molecule has 1 N–H and O–H groups in total. The fraction of sp³-hybridized carbons (Fsp3) is 0.439. The SMILES string of the molecule is CC(C)c1ccc2c(n1)CCc1cnc(-c3[c-]c4ccccc4c(C(C)C)c3)cc1-2.CCC(CC)C(=O)/C=C(\O)C(CC)CC.[Ir]. The zero-order valence-electron chi connectivity index (χ0n) is 28.9. The van der Waals surface area contributed by atoms with E-state index in [0.29, 0.717) is 11.8 Å². The number of aliphatic hydroxyl groups excluding tert-OH is 1. The smallest absolute Gasteiger partial charge is 0.162 e. The fourth-order valence-electron chi connectivity index (χ4n) is 6.26. The monoisotopic (exact) mass is 796 g/mol. The maximum absolute atomic E-state index is 11.7. The third-order valence-corrected chi connectivity index (χ3v) is 9.28. The number of carbonyl (C=O) groups is 1. The van der Waals surface area contributed by atoms with Gasteiger partial charge in [0, 0.05) is 66.9 Å². The van der Waals surface area contributed by atoms with Crippen molar-refractivity contribution in [1.82, 2.24) is 9.97 Å². The summed E-state index contributed by atoms with van der Waals surface area (Å²) < 4.78 is 0. The number of fused-ring (bicyclic) bond motifs is 4. The quantitative estimate of drug-likeness (QED) is 0.0986. The molecule has 0 saturated heterocycles. The molecule has 0 aliphatic heterocycles. The maximum atomic E-state index is 11.7. The van der Waals surface area contributed by atoms with Gasteiger partial charge in [0.1, 0.15) is 0 Å². The van der Waals surface area contributed by atoms with Crippen LogP contribution in [0, 0.1) is 17.9 Å². The van der Waals surface area contributed by atoms with Crippen molar-refractivity contribution >= 4 is 16.6 Å². The summed E-state index contributed by atoms with van der Waals surface area (Å²) in [4.78, 5) is 21.5. The molecule has 0 atom stereocenters. The Labute approximate surface area is 290 Å². The first kappa shape index (κ1) is 37.3. The van der Waals surface area contributed by atoms with Gasteiger partial charge in [-0.25, -0.2) is 0 Å². The van der Waals surface area contributed by atoms with Gasteiger partial charge in [-0.15, -0.1) is 29.1 Å². The molecule has 0 saturated carbocycles. The molecule has 1 aliphatic rings. The molecule has 247 valence electrons. The van der Waals surface area contributed by atoms with Crippen LogP contribution in [0.5, 0.6) is 0 Å². The third kappa shape index (κ3) is 8.60. The second-order valence-corrected chi connectivity index (χ2v) is 12.9. The summed E-state index contributed by atoms with van der Waals surface area (Å²) in [5.74, 6) is 1.44. The Bertz CT molecular complexity index is 1650. The molecule has 2 aromatic carbocycles. The van der Waals surface area contributed by atoms with E-state index in [4.69, 9.17) is 9.97 Å². The fourth-order valence-corrected chi connectivity index (χ4v) is 6.26. The number of aliphatic hydroxyl groups is 1. The van der Waals surface area contributed by atoms with Crippen molar-refractivity contribution < 1.29 is 30.0 Å². The average Bonchev–Trinajstić information content (AvgIpc) is 3.04. The van der Waals surface area contributed by atoms with Crippen molar-refractivity contribution in [3.05, 3.63) is 95.1 Å². The molecule has 5 rings (SSSR count). The number of carbonyl (C=O) groups excluding carboxylic acids is 1. The molecule has 4 nitrogen and oxygen atoms in total. The number of hydrogen-bond acceptors (Lipinski definition) is 4. The number of aryl methyl sites for hydroxylation is 2. The van der Waals surface area contributed by atoms with Crippen LogP contribution in [0.1, 0.15) is 115 Å². The van der Waals surface area contributed by atoms with E-state index in [0.717, 1.165) is 55.2 Å². The predicted molar refractivity (Wildman–Crippen MR) is 189 cm³/mol. The van der Waals surface area contributed by atoms with E-state index in [9.17, 15) is 9.90 Å². The van der Waals surface area contributed by atoms with Gasteiger partial charge in [0.25, 0.3) is 0 Å². The zero-order valence-corrected chi connectivity index (χ0v) is 31.3. The van der Waals surface area contributed by atoms with Gasteiger partial charge in [0.15, 0.2) is 5.78 Å². The molecular formula is C41H51IrN2O2-. The van der Waals surface area contributed by atoms with Gasteiger partial charge in [0.2, 0.25) is 0 Å². The summed E-state index contributed by atoms with van der Waals surface area (Å²) in [5, 5.41) is 12.2. The number of benzene rings is 2. The maximum Gasteiger partial charge on any atom is 0.162 e. The molecule has 0 spiro atoms. The topological polar surface area (TPSA) is 63.1 Å². The van der Waals surface area contributed by atoms with Gasteiger partial charge in [-0.2, -0.15) is 0 Å². The van der Waals surface area contributed by atoms with Crippen molar-refractivity contribution in [2.24, 2.45) is 11.8 Å². The summed E-state index contributed by atoms with van der Waals surface area (Å²) >= 11 is 0. The summed E-state index contributed by atoms with van der Waals surface area (Å²) in [6.07, 6.45) is 8.96. The number of aromatic nitrogens is 2. The second-order valence-electron chi connectivity index (χ2n) is 12.9. The van der Waals surface area contributed by atoms with Crippen LogP contribution in [0.2, 0.25) is 0 Å². The molecule has 1 radical (unpaired) electrons. The van der Waals surface area contributed by atoms with Gasteiger partial charge in [-0.05, 0) is 67.6 Å². The van der Waals surface area contributed by atoms with E-state index < -0.39 is 0 Å². The summed E-state index contributed by atoms with van der Waals surface area (Å²) in [6.45, 7) is 17.0. The van der Waals surface area contributed by atoms with E-state index in [1.165, 1.54) is 45.1 Å². The number of ketones is 1. The number of rotatable bonds is 10. The predicted octanol–water partition coefficient (Wildman–Crippen LogP) is 11.0. The van der Waals surface area contributed by atoms with E-state index in [1.54, 1.807) is 0 Å². The molecule has 4 aromatic rings. The largest absolute Gasteiger partial charge is 0.512 e. The Kier molecular flexibility index (Phi) is 13.9. The molecule has 2 aromatic heterocycles. The van der Waals surface area contributed by atoms with E-state index >= 15 is 0 Å². The van der Waals surface area contributed by atoms with Crippen LogP contribution < -0.4 is 0 Å². The Balaban J connectivity index is 0.000000309. The van der Waals surface area contributed by atoms with Gasteiger partial charge in [0.05, 0.1) is 5.76 Å². The average molecular weight is 796 g/mol. The van der Waals surface area contributed by atoms with Crippen molar-refractivity contribution in [3.8, 4) is 22.4 Å². The number of pyridine rings is 2. The molecule has 0 unspecified atom stereocenters. The van der Waals surface area contributed by atoms with Crippen molar-refractivity contribution in [1.29, 1.82) is 0 Å². The van der Waals surface area contributed by atoms with E-state index in [1.807, 2.05) is 27.7 Å². The van der Waals surface area contributed by atoms with Crippen molar-refractivity contribution in [2.45, 2.75) is 106 Å². The second kappa shape index (κ2) is 17.1. The summed E-state index contributed by atoms with van der Waals surface area (Å²) in [7, 11) is 0. The Hall–Kier alpha value is -3.14. The Morgan fingerprint density at radius 2 is 1.54 bits per heavy atom. The van der Waals surface area contributed by atoms with Gasteiger partial charge in [-0.3, -0.25) is 14.8 Å². The Morgan fingerprint density at radius 1 is 0.870 bits per heavy atom. The zero-order chi connectivity index (χ0) is 32.7. The van der Waals surface area contributed by atoms with Crippen molar-refractivity contribution in [2.75, 3.05) is 0 Å². The molecule has 0 fully saturated rings. The van der Waals surface area contributed by atoms with Crippen LogP contribution in [-0.2, 0) is 37.7 Å². The minimum absolute atomic E-state index is 0. The number of nitrogens with zero attached hydrogens (tertiary/aromatic N) is 2. The minimum Gasteiger partial charge on any atom is -0.512 e. The van der Waals surface area contributed by atoms with Crippen LogP contribution in [0.3, 0.4) is 0 Å². The minimum atomic E-state index is 0. The normalized spacial score (nSPS) is 12.6. The summed E-state index contributed by atoms with van der Waals surface area (Å²) in [5.41, 5.74) is 9.65. The molecule has 0 bridgehead atoms. The first-order valence-corrected chi connectivity index (χ1v) is 17.0. The van der Waals surface area contributed by atoms with Crippen LogP contribution in [0.4, 0.5) is 0 Å². The number of allylic oxidation sites excluding steroid dienone is 2. The van der Waals surface area contributed by atoms with Gasteiger partial charge < -0.3 is 5.11 Å². The van der Waals surface area contributed by atoms with Crippen molar-refractivity contribution in [3.63, 3.8) is 0 Å². The molecule has 5 heteroatoms. The molecule has 2 heterocycles. The van der Waals surface area contributed by atoms with Crippen LogP contribution in [0.25, 0.3) is 33.2 Å². The molecular weight excluding hydrogens is 745 g/mol. The first-order valence-electron chi connectivity index (χ1n) is 17.0. The third-order valence-electron chi connectivity index (χ3n) is 9.28. The van der Waals surface area contributed by atoms with Crippen LogP contribution in [-0.4, -0.2) is 20.9 Å². The van der Waals surface area contributed by atoms with E-state index in [-0.39, 0.29) is 43.5 Å². The number of hydrogen-bond donors (Lipinski definition) is 1. The van der Waals surface area contributed by atoms with E-state index in [2.05, 4.69) is 88.5 Å². The van der Waals surface area contributed by atoms with Crippen LogP contribution >= 0.6 is 0 Å². The Morgan fingerprint density at radius 3 is 2.17 bits per heavy atom. The molecule has 0 amide bonds. The first-order chi connectivity index (χ1) is 21.6. The van der Waals surface area contributed by atoms with Gasteiger partial charge >= 0.3 is 0 Å². The molecule has 1 aliphatic carbocycles. The standard InChI is InChI=1S/C28H27N2.C13H24O2.Ir/c1-17(2)24-14-21(13-19-7-5-6-8-22(19)24)28-15-25-20(16-29-28)9-11-27-23(25)10-12-26(30-27)18(3)4;1-5-10(6-2)12(14)9-13(15)11(7-3)8-4;/h5-8,10,12,14-18H,9,11H2,1-4H3;9-11,14H,5-8H2,1-4H3;/q-1;;/b;12-9-;. The van der Waals surface area contributed by atoms with Gasteiger partial charge in [-0.1, -0.05) is 96.7 Å². The molecule has 46 heavy (non-hydrogen) atoms.